The highest BCUT2D eigenvalue weighted by molar-refractivity contribution is 9.10. The SMILES string of the molecule is COc1ccc(Br)c(CS(=O)(=O)Cl)c1OC1CCCC1. The number of rotatable bonds is 5. The predicted octanol–water partition coefficient (Wildman–Crippen LogP) is 3.85. The zero-order chi connectivity index (χ0) is 14.8. The third kappa shape index (κ3) is 4.02. The Balaban J connectivity index is 2.40. The maximum absolute atomic E-state index is 11.4. The van der Waals surface area contributed by atoms with Crippen LogP contribution in [0.25, 0.3) is 0 Å². The Kier molecular flexibility index (Phi) is 5.20. The van der Waals surface area contributed by atoms with Gasteiger partial charge in [-0.3, -0.25) is 0 Å². The van der Waals surface area contributed by atoms with Crippen LogP contribution in [0.1, 0.15) is 31.2 Å². The quantitative estimate of drug-likeness (QED) is 0.725. The van der Waals surface area contributed by atoms with E-state index >= 15 is 0 Å². The standard InChI is InChI=1S/C13H16BrClO4S/c1-18-12-7-6-11(14)10(8-20(15,16)17)13(12)19-9-4-2-3-5-9/h6-7,9H,2-5,8H2,1H3. The molecule has 0 spiro atoms. The zero-order valence-corrected chi connectivity index (χ0v) is 14.2. The smallest absolute Gasteiger partial charge is 0.236 e. The molecule has 0 radical (unpaired) electrons. The van der Waals surface area contributed by atoms with Crippen molar-refractivity contribution in [3.8, 4) is 11.5 Å². The average molecular weight is 384 g/mol. The maximum atomic E-state index is 11.4. The summed E-state index contributed by atoms with van der Waals surface area (Å²) in [6.07, 6.45) is 4.31. The summed E-state index contributed by atoms with van der Waals surface area (Å²) in [5.41, 5.74) is 0.506. The summed E-state index contributed by atoms with van der Waals surface area (Å²) in [5.74, 6) is 0.697. The van der Waals surface area contributed by atoms with Gasteiger partial charge in [0, 0.05) is 20.7 Å². The van der Waals surface area contributed by atoms with Crippen LogP contribution in [0.15, 0.2) is 16.6 Å². The Bertz CT molecular complexity index is 582. The van der Waals surface area contributed by atoms with E-state index in [-0.39, 0.29) is 11.9 Å². The first-order valence-corrected chi connectivity index (χ1v) is 9.62. The summed E-state index contributed by atoms with van der Waals surface area (Å²) < 4.78 is 34.7. The lowest BCUT2D eigenvalue weighted by molar-refractivity contribution is 0.199. The predicted molar refractivity (Wildman–Crippen MR) is 82.1 cm³/mol. The van der Waals surface area contributed by atoms with Gasteiger partial charge in [0.25, 0.3) is 0 Å². The summed E-state index contributed by atoms with van der Waals surface area (Å²) in [7, 11) is 3.24. The van der Waals surface area contributed by atoms with Gasteiger partial charge in [-0.1, -0.05) is 15.9 Å². The summed E-state index contributed by atoms with van der Waals surface area (Å²) >= 11 is 3.35. The molecule has 0 amide bonds. The van der Waals surface area contributed by atoms with Crippen molar-refractivity contribution in [2.24, 2.45) is 0 Å². The van der Waals surface area contributed by atoms with Crippen molar-refractivity contribution in [2.75, 3.05) is 7.11 Å². The van der Waals surface area contributed by atoms with Crippen LogP contribution >= 0.6 is 26.6 Å². The van der Waals surface area contributed by atoms with Crippen molar-refractivity contribution in [3.63, 3.8) is 0 Å². The topological polar surface area (TPSA) is 52.6 Å². The fourth-order valence-corrected chi connectivity index (χ4v) is 3.95. The van der Waals surface area contributed by atoms with Gasteiger partial charge in [-0.05, 0) is 37.8 Å². The Hall–Kier alpha value is -0.460. The Labute approximate surface area is 132 Å². The van der Waals surface area contributed by atoms with Gasteiger partial charge in [-0.15, -0.1) is 0 Å². The number of ether oxygens (including phenoxy) is 2. The van der Waals surface area contributed by atoms with Gasteiger partial charge in [0.05, 0.1) is 19.0 Å². The fraction of sp³-hybridized carbons (Fsp3) is 0.538. The minimum absolute atomic E-state index is 0.106. The lowest BCUT2D eigenvalue weighted by Crippen LogP contribution is -2.14. The van der Waals surface area contributed by atoms with Crippen LogP contribution in [0.4, 0.5) is 0 Å². The fourth-order valence-electron chi connectivity index (χ4n) is 2.35. The molecular formula is C13H16BrClO4S. The number of methoxy groups -OCH3 is 1. The molecule has 7 heteroatoms. The van der Waals surface area contributed by atoms with Gasteiger partial charge in [0.15, 0.2) is 11.5 Å². The monoisotopic (exact) mass is 382 g/mol. The van der Waals surface area contributed by atoms with Gasteiger partial charge in [-0.25, -0.2) is 8.42 Å². The van der Waals surface area contributed by atoms with Crippen molar-refractivity contribution in [1.29, 1.82) is 0 Å². The largest absolute Gasteiger partial charge is 0.493 e. The van der Waals surface area contributed by atoms with Crippen molar-refractivity contribution < 1.29 is 17.9 Å². The van der Waals surface area contributed by atoms with Crippen molar-refractivity contribution in [3.05, 3.63) is 22.2 Å². The van der Waals surface area contributed by atoms with E-state index < -0.39 is 9.05 Å². The van der Waals surface area contributed by atoms with Gasteiger partial charge in [-0.2, -0.15) is 0 Å². The molecule has 1 aromatic carbocycles. The van der Waals surface area contributed by atoms with Gasteiger partial charge in [0.2, 0.25) is 9.05 Å². The highest BCUT2D eigenvalue weighted by atomic mass is 79.9. The average Bonchev–Trinajstić information content (AvgIpc) is 2.85. The van der Waals surface area contributed by atoms with E-state index in [0.717, 1.165) is 25.7 Å². The minimum Gasteiger partial charge on any atom is -0.493 e. The van der Waals surface area contributed by atoms with Gasteiger partial charge in [0.1, 0.15) is 0 Å². The molecule has 0 atom stereocenters. The van der Waals surface area contributed by atoms with Crippen LogP contribution in [0.3, 0.4) is 0 Å². The van der Waals surface area contributed by atoms with Crippen molar-refractivity contribution in [2.45, 2.75) is 37.5 Å². The lowest BCUT2D eigenvalue weighted by atomic mass is 10.2. The molecule has 0 heterocycles. The lowest BCUT2D eigenvalue weighted by Gasteiger charge is -2.19. The summed E-state index contributed by atoms with van der Waals surface area (Å²) in [4.78, 5) is 0. The molecule has 0 unspecified atom stereocenters. The molecule has 1 aliphatic rings. The molecular weight excluding hydrogens is 368 g/mol. The summed E-state index contributed by atoms with van der Waals surface area (Å²) in [6, 6.07) is 3.48. The molecule has 0 saturated heterocycles. The molecule has 1 fully saturated rings. The Morgan fingerprint density at radius 1 is 1.35 bits per heavy atom. The summed E-state index contributed by atoms with van der Waals surface area (Å²) in [5, 5.41) is 0. The first-order chi connectivity index (χ1) is 9.40. The van der Waals surface area contributed by atoms with E-state index in [9.17, 15) is 8.42 Å². The van der Waals surface area contributed by atoms with Crippen molar-refractivity contribution in [1.82, 2.24) is 0 Å². The number of halogens is 2. The number of benzene rings is 1. The number of hydrogen-bond donors (Lipinski definition) is 0. The van der Waals surface area contributed by atoms with Crippen LogP contribution in [0, 0.1) is 0 Å². The van der Waals surface area contributed by atoms with Crippen LogP contribution in [0.5, 0.6) is 11.5 Å². The van der Waals surface area contributed by atoms with E-state index in [4.69, 9.17) is 20.2 Å². The van der Waals surface area contributed by atoms with Crippen LogP contribution < -0.4 is 9.47 Å². The first kappa shape index (κ1) is 15.9. The maximum Gasteiger partial charge on any atom is 0.236 e. The van der Waals surface area contributed by atoms with E-state index in [1.165, 1.54) is 7.11 Å². The second-order valence-corrected chi connectivity index (χ2v) is 8.40. The molecule has 4 nitrogen and oxygen atoms in total. The van der Waals surface area contributed by atoms with Gasteiger partial charge >= 0.3 is 0 Å². The molecule has 0 bridgehead atoms. The van der Waals surface area contributed by atoms with E-state index in [1.54, 1.807) is 12.1 Å². The minimum atomic E-state index is -3.67. The molecule has 112 valence electrons. The second-order valence-electron chi connectivity index (χ2n) is 4.76. The third-order valence-corrected chi connectivity index (χ3v) is 4.99. The Morgan fingerprint density at radius 2 is 2.00 bits per heavy atom. The molecule has 1 saturated carbocycles. The number of hydrogen-bond acceptors (Lipinski definition) is 4. The zero-order valence-electron chi connectivity index (χ0n) is 11.1. The highest BCUT2D eigenvalue weighted by Crippen LogP contribution is 2.40. The van der Waals surface area contributed by atoms with E-state index in [1.807, 2.05) is 0 Å². The third-order valence-electron chi connectivity index (χ3n) is 3.29. The summed E-state index contributed by atoms with van der Waals surface area (Å²) in [6.45, 7) is 0. The molecule has 0 aliphatic heterocycles. The molecule has 0 aromatic heterocycles. The van der Waals surface area contributed by atoms with Gasteiger partial charge < -0.3 is 9.47 Å². The molecule has 0 N–H and O–H groups in total. The molecule has 2 rings (SSSR count). The highest BCUT2D eigenvalue weighted by Gasteiger charge is 2.24. The second kappa shape index (κ2) is 6.54. The van der Waals surface area contributed by atoms with Crippen molar-refractivity contribution >= 4 is 35.7 Å². The van der Waals surface area contributed by atoms with Crippen LogP contribution in [-0.2, 0) is 14.8 Å². The normalized spacial score (nSPS) is 16.4. The molecule has 1 aliphatic carbocycles. The van der Waals surface area contributed by atoms with E-state index in [0.29, 0.717) is 21.5 Å². The first-order valence-electron chi connectivity index (χ1n) is 6.35. The molecule has 1 aromatic rings. The van der Waals surface area contributed by atoms with Crippen LogP contribution in [-0.4, -0.2) is 21.6 Å². The van der Waals surface area contributed by atoms with Crippen LogP contribution in [0.2, 0.25) is 0 Å². The van der Waals surface area contributed by atoms with E-state index in [2.05, 4.69) is 15.9 Å². The Morgan fingerprint density at radius 3 is 2.55 bits per heavy atom. The molecule has 20 heavy (non-hydrogen) atoms.